The Morgan fingerprint density at radius 1 is 0.686 bits per heavy atom. The minimum Gasteiger partial charge on any atom is -0.493 e. The number of imide groups is 1. The smallest absolute Gasteiger partial charge is 0.234 e. The number of methoxy groups -OCH3 is 2. The Morgan fingerprint density at radius 3 is 1.69 bits per heavy atom. The predicted octanol–water partition coefficient (Wildman–Crippen LogP) is 4.98. The van der Waals surface area contributed by atoms with Crippen LogP contribution in [0.1, 0.15) is 28.5 Å². The number of carbonyl (C=O) groups is 2. The summed E-state index contributed by atoms with van der Waals surface area (Å²) in [5.74, 6) is 0.0518. The van der Waals surface area contributed by atoms with Gasteiger partial charge < -0.3 is 9.47 Å². The number of rotatable bonds is 7. The number of amides is 2. The molecular weight excluding hydrogens is 438 g/mol. The Bertz CT molecular complexity index is 1170. The fourth-order valence-electron chi connectivity index (χ4n) is 5.49. The van der Waals surface area contributed by atoms with Gasteiger partial charge in [-0.2, -0.15) is 0 Å². The highest BCUT2D eigenvalue weighted by Crippen LogP contribution is 2.49. The molecule has 4 atom stereocenters. The van der Waals surface area contributed by atoms with Crippen LogP contribution >= 0.6 is 0 Å². The van der Waals surface area contributed by atoms with E-state index in [1.807, 2.05) is 78.9 Å². The van der Waals surface area contributed by atoms with Crippen LogP contribution < -0.4 is 9.47 Å². The molecule has 1 saturated heterocycles. The molecule has 0 N–H and O–H groups in total. The molecule has 2 aliphatic rings. The molecule has 0 saturated carbocycles. The maximum atomic E-state index is 13.8. The highest BCUT2D eigenvalue weighted by molar-refractivity contribution is 6.06. The molecule has 0 spiro atoms. The zero-order valence-corrected chi connectivity index (χ0v) is 20.0. The lowest BCUT2D eigenvalue weighted by molar-refractivity contribution is -0.139. The minimum absolute atomic E-state index is 0.0837. The fraction of sp³-hybridized carbons (Fsp3) is 0.267. The molecule has 1 heterocycles. The molecule has 0 unspecified atom stereocenters. The van der Waals surface area contributed by atoms with Crippen molar-refractivity contribution in [3.8, 4) is 11.5 Å². The van der Waals surface area contributed by atoms with Gasteiger partial charge in [-0.25, -0.2) is 0 Å². The average molecular weight is 468 g/mol. The second kappa shape index (κ2) is 9.79. The van der Waals surface area contributed by atoms with Gasteiger partial charge in [-0.1, -0.05) is 78.9 Å². The maximum Gasteiger partial charge on any atom is 0.234 e. The number of nitrogens with zero attached hydrogens (tertiary/aromatic N) is 1. The monoisotopic (exact) mass is 467 g/mol. The molecule has 178 valence electrons. The average Bonchev–Trinajstić information content (AvgIpc) is 3.17. The second-order valence-corrected chi connectivity index (χ2v) is 9.08. The van der Waals surface area contributed by atoms with E-state index >= 15 is 0 Å². The van der Waals surface area contributed by atoms with Gasteiger partial charge in [0, 0.05) is 18.4 Å². The number of likely N-dealkylation sites (tertiary alicyclic amines) is 1. The van der Waals surface area contributed by atoms with E-state index in [4.69, 9.17) is 9.47 Å². The van der Waals surface area contributed by atoms with Crippen molar-refractivity contribution < 1.29 is 19.1 Å². The number of ether oxygens (including phenoxy) is 2. The molecule has 0 radical (unpaired) electrons. The lowest BCUT2D eigenvalue weighted by Gasteiger charge is -2.32. The molecule has 1 fully saturated rings. The molecule has 5 nitrogen and oxygen atoms in total. The van der Waals surface area contributed by atoms with Crippen LogP contribution in [0.25, 0.3) is 0 Å². The van der Waals surface area contributed by atoms with Crippen molar-refractivity contribution in [2.24, 2.45) is 11.8 Å². The number of fused-ring (bicyclic) bond motifs is 1. The van der Waals surface area contributed by atoms with Gasteiger partial charge in [-0.3, -0.25) is 14.5 Å². The zero-order chi connectivity index (χ0) is 24.4. The summed E-state index contributed by atoms with van der Waals surface area (Å²) in [6.07, 6.45) is 4.80. The van der Waals surface area contributed by atoms with Gasteiger partial charge in [0.2, 0.25) is 11.8 Å². The van der Waals surface area contributed by atoms with Crippen molar-refractivity contribution in [1.82, 2.24) is 4.90 Å². The molecule has 5 rings (SSSR count). The van der Waals surface area contributed by atoms with Gasteiger partial charge >= 0.3 is 0 Å². The van der Waals surface area contributed by atoms with E-state index in [1.54, 1.807) is 14.2 Å². The molecule has 5 heteroatoms. The summed E-state index contributed by atoms with van der Waals surface area (Å²) in [6.45, 7) is 0.336. The van der Waals surface area contributed by atoms with E-state index in [-0.39, 0.29) is 23.7 Å². The highest BCUT2D eigenvalue weighted by Gasteiger charge is 2.54. The van der Waals surface area contributed by atoms with Gasteiger partial charge in [0.15, 0.2) is 11.5 Å². The summed E-state index contributed by atoms with van der Waals surface area (Å²) < 4.78 is 10.7. The minimum atomic E-state index is -0.412. The zero-order valence-electron chi connectivity index (χ0n) is 20.0. The molecule has 3 aromatic carbocycles. The first kappa shape index (κ1) is 22.9. The molecular formula is C30H29NO4. The SMILES string of the molecule is COc1ccc(CCN2C(=O)[C@@H]3[C@H](C2=O)[C@H](c2ccccc2)C=C[C@H]3c2ccccc2)cc1OC. The van der Waals surface area contributed by atoms with Gasteiger partial charge in [0.25, 0.3) is 0 Å². The summed E-state index contributed by atoms with van der Waals surface area (Å²) in [6, 6.07) is 25.7. The van der Waals surface area contributed by atoms with Crippen molar-refractivity contribution in [2.45, 2.75) is 18.3 Å². The molecule has 2 amide bonds. The number of carbonyl (C=O) groups excluding carboxylic acids is 2. The number of hydrogen-bond donors (Lipinski definition) is 0. The van der Waals surface area contributed by atoms with Crippen molar-refractivity contribution >= 4 is 11.8 Å². The molecule has 1 aliphatic carbocycles. The third-order valence-corrected chi connectivity index (χ3v) is 7.23. The molecule has 1 aliphatic heterocycles. The summed E-state index contributed by atoms with van der Waals surface area (Å²) in [5.41, 5.74) is 3.11. The summed E-state index contributed by atoms with van der Waals surface area (Å²) >= 11 is 0. The third-order valence-electron chi connectivity index (χ3n) is 7.23. The highest BCUT2D eigenvalue weighted by atomic mass is 16.5. The largest absolute Gasteiger partial charge is 0.493 e. The first-order chi connectivity index (χ1) is 17.1. The standard InChI is InChI=1S/C30H29NO4/c1-34-25-16-13-20(19-26(25)35-2)17-18-31-29(32)27-23(21-9-5-3-6-10-21)14-15-24(28(27)30(31)33)22-11-7-4-8-12-22/h3-16,19,23-24,27-28H,17-18H2,1-2H3/t23-,24-,27-,28+/m0/s1. The molecule has 0 bridgehead atoms. The Morgan fingerprint density at radius 2 is 1.20 bits per heavy atom. The van der Waals surface area contributed by atoms with Crippen molar-refractivity contribution in [3.05, 3.63) is 108 Å². The Kier molecular flexibility index (Phi) is 6.41. The van der Waals surface area contributed by atoms with Crippen LogP contribution in [0.2, 0.25) is 0 Å². The number of hydrogen-bond acceptors (Lipinski definition) is 4. The van der Waals surface area contributed by atoms with Gasteiger partial charge in [0.05, 0.1) is 26.1 Å². The molecule has 3 aromatic rings. The number of allylic oxidation sites excluding steroid dienone is 2. The van der Waals surface area contributed by atoms with Crippen LogP contribution in [0.3, 0.4) is 0 Å². The van der Waals surface area contributed by atoms with Crippen molar-refractivity contribution in [3.63, 3.8) is 0 Å². The Labute approximate surface area is 206 Å². The normalized spacial score (nSPS) is 23.3. The fourth-order valence-corrected chi connectivity index (χ4v) is 5.49. The second-order valence-electron chi connectivity index (χ2n) is 9.08. The molecule has 0 aromatic heterocycles. The van der Waals surface area contributed by atoms with Crippen LogP contribution in [0.15, 0.2) is 91.0 Å². The van der Waals surface area contributed by atoms with Crippen molar-refractivity contribution in [1.29, 1.82) is 0 Å². The predicted molar refractivity (Wildman–Crippen MR) is 134 cm³/mol. The van der Waals surface area contributed by atoms with Crippen LogP contribution in [0.5, 0.6) is 11.5 Å². The third kappa shape index (κ3) is 4.23. The van der Waals surface area contributed by atoms with Gasteiger partial charge in [0.1, 0.15) is 0 Å². The summed E-state index contributed by atoms with van der Waals surface area (Å²) in [5, 5.41) is 0. The van der Waals surface area contributed by atoms with Crippen LogP contribution in [-0.2, 0) is 16.0 Å². The van der Waals surface area contributed by atoms with E-state index in [9.17, 15) is 9.59 Å². The Balaban J connectivity index is 1.45. The van der Waals surface area contributed by atoms with Crippen LogP contribution in [-0.4, -0.2) is 37.5 Å². The number of benzene rings is 3. The van der Waals surface area contributed by atoms with E-state index < -0.39 is 11.8 Å². The molecule has 35 heavy (non-hydrogen) atoms. The quantitative estimate of drug-likeness (QED) is 0.363. The first-order valence-electron chi connectivity index (χ1n) is 12.0. The lowest BCUT2D eigenvalue weighted by atomic mass is 9.68. The summed E-state index contributed by atoms with van der Waals surface area (Å²) in [4.78, 5) is 29.0. The topological polar surface area (TPSA) is 55.8 Å². The van der Waals surface area contributed by atoms with Gasteiger partial charge in [-0.15, -0.1) is 0 Å². The van der Waals surface area contributed by atoms with E-state index in [2.05, 4.69) is 12.2 Å². The first-order valence-corrected chi connectivity index (χ1v) is 12.0. The van der Waals surface area contributed by atoms with Crippen LogP contribution in [0.4, 0.5) is 0 Å². The van der Waals surface area contributed by atoms with Crippen molar-refractivity contribution in [2.75, 3.05) is 20.8 Å². The Hall–Kier alpha value is -3.86. The van der Waals surface area contributed by atoms with E-state index in [0.717, 1.165) is 16.7 Å². The van der Waals surface area contributed by atoms with E-state index in [1.165, 1.54) is 4.90 Å². The maximum absolute atomic E-state index is 13.8. The van der Waals surface area contributed by atoms with Crippen LogP contribution in [0, 0.1) is 11.8 Å². The summed E-state index contributed by atoms with van der Waals surface area (Å²) in [7, 11) is 3.20. The van der Waals surface area contributed by atoms with Gasteiger partial charge in [-0.05, 0) is 35.2 Å². The van der Waals surface area contributed by atoms with E-state index in [0.29, 0.717) is 24.5 Å². The lowest BCUT2D eigenvalue weighted by Crippen LogP contribution is -2.33.